The number of fused-ring (bicyclic) bond motifs is 1. The van der Waals surface area contributed by atoms with Gasteiger partial charge in [0, 0.05) is 6.04 Å². The van der Waals surface area contributed by atoms with Crippen molar-refractivity contribution in [1.82, 2.24) is 20.3 Å². The average Bonchev–Trinajstić information content (AvgIpc) is 3.11. The summed E-state index contributed by atoms with van der Waals surface area (Å²) in [4.78, 5) is 25.2. The first-order valence-electron chi connectivity index (χ1n) is 7.36. The molecule has 0 aliphatic carbocycles. The van der Waals surface area contributed by atoms with Crippen LogP contribution in [0.5, 0.6) is 0 Å². The minimum Gasteiger partial charge on any atom is -0.347 e. The minimum absolute atomic E-state index is 0.131. The van der Waals surface area contributed by atoms with Crippen molar-refractivity contribution in [3.63, 3.8) is 0 Å². The van der Waals surface area contributed by atoms with E-state index in [0.29, 0.717) is 28.7 Å². The van der Waals surface area contributed by atoms with Gasteiger partial charge < -0.3 is 5.32 Å². The number of hydrogen-bond acceptors (Lipinski definition) is 5. The Morgan fingerprint density at radius 1 is 1.30 bits per heavy atom. The number of aromatic nitrogens is 3. The molecule has 6 nitrogen and oxygen atoms in total. The van der Waals surface area contributed by atoms with E-state index in [1.165, 1.54) is 16.0 Å². The molecule has 0 saturated heterocycles. The lowest BCUT2D eigenvalue weighted by Crippen LogP contribution is -2.40. The normalized spacial score (nSPS) is 12.2. The molecule has 0 saturated carbocycles. The van der Waals surface area contributed by atoms with E-state index in [1.807, 2.05) is 24.4 Å². The first-order chi connectivity index (χ1) is 11.2. The highest BCUT2D eigenvalue weighted by molar-refractivity contribution is 7.12. The molecule has 3 rings (SSSR count). The standard InChI is InChI=1S/C16H16N4O2S/c1-2-11(17-15(21)14-8-5-9-23-14)10-20-16(22)12-6-3-4-7-13(12)18-19-20/h3-9,11H,2,10H2,1H3,(H,17,21)/t11-/m0/s1. The Kier molecular flexibility index (Phi) is 4.47. The molecule has 3 aromatic rings. The van der Waals surface area contributed by atoms with Crippen LogP contribution in [0.1, 0.15) is 23.0 Å². The van der Waals surface area contributed by atoms with Gasteiger partial charge in [0.05, 0.1) is 16.8 Å². The summed E-state index contributed by atoms with van der Waals surface area (Å²) in [5.74, 6) is -0.131. The first-order valence-corrected chi connectivity index (χ1v) is 8.24. The van der Waals surface area contributed by atoms with Crippen LogP contribution in [0.25, 0.3) is 10.9 Å². The van der Waals surface area contributed by atoms with E-state index in [0.717, 1.165) is 0 Å². The van der Waals surface area contributed by atoms with Crippen LogP contribution in [0, 0.1) is 0 Å². The molecular formula is C16H16N4O2S. The number of benzene rings is 1. The fourth-order valence-corrected chi connectivity index (χ4v) is 2.92. The number of nitrogens with zero attached hydrogens (tertiary/aromatic N) is 3. The van der Waals surface area contributed by atoms with Gasteiger partial charge in [-0.05, 0) is 30.0 Å². The van der Waals surface area contributed by atoms with E-state index >= 15 is 0 Å². The second-order valence-electron chi connectivity index (χ2n) is 5.15. The molecule has 1 amide bonds. The Morgan fingerprint density at radius 2 is 2.13 bits per heavy atom. The highest BCUT2D eigenvalue weighted by Gasteiger charge is 2.15. The molecule has 0 aliphatic heterocycles. The summed E-state index contributed by atoms with van der Waals surface area (Å²) in [5, 5.41) is 13.4. The summed E-state index contributed by atoms with van der Waals surface area (Å²) >= 11 is 1.39. The van der Waals surface area contributed by atoms with Gasteiger partial charge in [0.25, 0.3) is 11.5 Å². The molecule has 0 spiro atoms. The third-order valence-corrected chi connectivity index (χ3v) is 4.46. The topological polar surface area (TPSA) is 76.9 Å². The molecule has 0 aliphatic rings. The van der Waals surface area contributed by atoms with Crippen LogP contribution in [0.4, 0.5) is 0 Å². The molecule has 0 fully saturated rings. The Hall–Kier alpha value is -2.54. The smallest absolute Gasteiger partial charge is 0.277 e. The lowest BCUT2D eigenvalue weighted by molar-refractivity contribution is 0.0934. The summed E-state index contributed by atoms with van der Waals surface area (Å²) < 4.78 is 1.31. The maximum Gasteiger partial charge on any atom is 0.277 e. The summed E-state index contributed by atoms with van der Waals surface area (Å²) in [6, 6.07) is 10.5. The molecule has 1 N–H and O–H groups in total. The van der Waals surface area contributed by atoms with Crippen molar-refractivity contribution >= 4 is 28.1 Å². The van der Waals surface area contributed by atoms with Gasteiger partial charge in [-0.2, -0.15) is 0 Å². The second-order valence-corrected chi connectivity index (χ2v) is 6.10. The van der Waals surface area contributed by atoms with Crippen LogP contribution >= 0.6 is 11.3 Å². The largest absolute Gasteiger partial charge is 0.347 e. The number of hydrogen-bond donors (Lipinski definition) is 1. The SMILES string of the molecule is CC[C@@H](Cn1nnc2ccccc2c1=O)NC(=O)c1cccs1. The van der Waals surface area contributed by atoms with Gasteiger partial charge in [0.2, 0.25) is 0 Å². The molecule has 2 heterocycles. The van der Waals surface area contributed by atoms with Crippen LogP contribution < -0.4 is 10.9 Å². The molecule has 0 unspecified atom stereocenters. The zero-order valence-electron chi connectivity index (χ0n) is 12.6. The van der Waals surface area contributed by atoms with Gasteiger partial charge in [-0.1, -0.05) is 30.3 Å². The molecule has 1 atom stereocenters. The number of carbonyl (C=O) groups excluding carboxylic acids is 1. The fraction of sp³-hybridized carbons (Fsp3) is 0.250. The van der Waals surface area contributed by atoms with Gasteiger partial charge in [-0.25, -0.2) is 4.68 Å². The zero-order chi connectivity index (χ0) is 16.2. The molecular weight excluding hydrogens is 312 g/mol. The van der Waals surface area contributed by atoms with E-state index in [2.05, 4.69) is 15.6 Å². The van der Waals surface area contributed by atoms with Crippen LogP contribution in [0.3, 0.4) is 0 Å². The van der Waals surface area contributed by atoms with Crippen LogP contribution in [-0.4, -0.2) is 26.9 Å². The lowest BCUT2D eigenvalue weighted by Gasteiger charge is -2.16. The minimum atomic E-state index is -0.195. The van der Waals surface area contributed by atoms with Crippen molar-refractivity contribution in [2.75, 3.05) is 0 Å². The highest BCUT2D eigenvalue weighted by Crippen LogP contribution is 2.09. The number of thiophene rings is 1. The molecule has 2 aromatic heterocycles. The monoisotopic (exact) mass is 328 g/mol. The molecule has 23 heavy (non-hydrogen) atoms. The van der Waals surface area contributed by atoms with Gasteiger partial charge >= 0.3 is 0 Å². The predicted molar refractivity (Wildman–Crippen MR) is 89.7 cm³/mol. The van der Waals surface area contributed by atoms with Gasteiger partial charge in [0.15, 0.2) is 0 Å². The third kappa shape index (κ3) is 3.29. The van der Waals surface area contributed by atoms with Crippen molar-refractivity contribution in [3.05, 3.63) is 57.0 Å². The quantitative estimate of drug-likeness (QED) is 0.778. The van der Waals surface area contributed by atoms with Crippen molar-refractivity contribution in [2.24, 2.45) is 0 Å². The Balaban J connectivity index is 1.80. The molecule has 1 aromatic carbocycles. The van der Waals surface area contributed by atoms with E-state index in [1.54, 1.807) is 24.3 Å². The van der Waals surface area contributed by atoms with Crippen molar-refractivity contribution in [1.29, 1.82) is 0 Å². The summed E-state index contributed by atoms with van der Waals surface area (Å²) in [6.45, 7) is 2.25. The maximum atomic E-state index is 12.4. The van der Waals surface area contributed by atoms with E-state index in [4.69, 9.17) is 0 Å². The number of nitrogens with one attached hydrogen (secondary N) is 1. The van der Waals surface area contributed by atoms with Crippen LogP contribution in [-0.2, 0) is 6.54 Å². The molecule has 0 bridgehead atoms. The van der Waals surface area contributed by atoms with Crippen molar-refractivity contribution < 1.29 is 4.79 Å². The molecule has 0 radical (unpaired) electrons. The summed E-state index contributed by atoms with van der Waals surface area (Å²) in [5.41, 5.74) is 0.379. The first kappa shape index (κ1) is 15.4. The third-order valence-electron chi connectivity index (χ3n) is 3.60. The summed E-state index contributed by atoms with van der Waals surface area (Å²) in [6.07, 6.45) is 0.693. The maximum absolute atomic E-state index is 12.4. The molecule has 7 heteroatoms. The Labute approximate surface area is 136 Å². The molecule has 118 valence electrons. The van der Waals surface area contributed by atoms with Gasteiger partial charge in [-0.15, -0.1) is 16.4 Å². The van der Waals surface area contributed by atoms with Gasteiger partial charge in [-0.3, -0.25) is 9.59 Å². The number of amides is 1. The van der Waals surface area contributed by atoms with Gasteiger partial charge in [0.1, 0.15) is 5.52 Å². The van der Waals surface area contributed by atoms with E-state index < -0.39 is 0 Å². The Morgan fingerprint density at radius 3 is 2.87 bits per heavy atom. The Bertz CT molecular complexity index is 873. The van der Waals surface area contributed by atoms with E-state index in [-0.39, 0.29) is 17.5 Å². The van der Waals surface area contributed by atoms with Crippen LogP contribution in [0.2, 0.25) is 0 Å². The number of carbonyl (C=O) groups is 1. The lowest BCUT2D eigenvalue weighted by atomic mass is 10.2. The fourth-order valence-electron chi connectivity index (χ4n) is 2.29. The van der Waals surface area contributed by atoms with E-state index in [9.17, 15) is 9.59 Å². The summed E-state index contributed by atoms with van der Waals surface area (Å²) in [7, 11) is 0. The average molecular weight is 328 g/mol. The van der Waals surface area contributed by atoms with Crippen molar-refractivity contribution in [2.45, 2.75) is 25.9 Å². The second kappa shape index (κ2) is 6.70. The highest BCUT2D eigenvalue weighted by atomic mass is 32.1. The predicted octanol–water partition coefficient (Wildman–Crippen LogP) is 2.06. The van der Waals surface area contributed by atoms with Crippen molar-refractivity contribution in [3.8, 4) is 0 Å². The number of rotatable bonds is 5. The zero-order valence-corrected chi connectivity index (χ0v) is 13.4. The van der Waals surface area contributed by atoms with Crippen LogP contribution in [0.15, 0.2) is 46.6 Å².